The molecule has 0 spiro atoms. The lowest BCUT2D eigenvalue weighted by molar-refractivity contribution is 1.18. The molecule has 0 radical (unpaired) electrons. The van der Waals surface area contributed by atoms with Gasteiger partial charge in [-0.1, -0.05) is 170 Å². The van der Waals surface area contributed by atoms with Crippen LogP contribution in [0.2, 0.25) is 0 Å². The topological polar surface area (TPSA) is 8.17 Å². The number of aromatic nitrogens is 1. The van der Waals surface area contributed by atoms with Gasteiger partial charge in [-0.3, -0.25) is 0 Å². The van der Waals surface area contributed by atoms with Gasteiger partial charge in [-0.15, -0.1) is 11.3 Å². The van der Waals surface area contributed by atoms with Crippen LogP contribution in [0.4, 0.5) is 17.1 Å². The van der Waals surface area contributed by atoms with Crippen LogP contribution in [0.1, 0.15) is 0 Å². The highest BCUT2D eigenvalue weighted by atomic mass is 32.1. The molecular weight excluding hydrogens is 781 g/mol. The third kappa shape index (κ3) is 6.58. The van der Waals surface area contributed by atoms with E-state index >= 15 is 0 Å². The highest BCUT2D eigenvalue weighted by Gasteiger charge is 2.17. The summed E-state index contributed by atoms with van der Waals surface area (Å²) >= 11 is 1.88. The zero-order chi connectivity index (χ0) is 41.7. The van der Waals surface area contributed by atoms with Crippen LogP contribution in [0, 0.1) is 0 Å². The number of benzene rings is 10. The molecule has 0 aliphatic carbocycles. The van der Waals surface area contributed by atoms with Crippen molar-refractivity contribution in [3.05, 3.63) is 243 Å². The molecule has 3 heteroatoms. The van der Waals surface area contributed by atoms with Crippen molar-refractivity contribution in [2.75, 3.05) is 4.90 Å². The fourth-order valence-electron chi connectivity index (χ4n) is 9.35. The summed E-state index contributed by atoms with van der Waals surface area (Å²) in [6.07, 6.45) is 0. The highest BCUT2D eigenvalue weighted by Crippen LogP contribution is 2.43. The molecule has 0 atom stereocenters. The second kappa shape index (κ2) is 15.5. The Morgan fingerprint density at radius 2 is 0.825 bits per heavy atom. The fourth-order valence-corrected chi connectivity index (χ4v) is 10.6. The van der Waals surface area contributed by atoms with Crippen LogP contribution in [0.5, 0.6) is 0 Å². The van der Waals surface area contributed by atoms with Gasteiger partial charge in [0.1, 0.15) is 0 Å². The van der Waals surface area contributed by atoms with Crippen molar-refractivity contribution in [3.8, 4) is 50.2 Å². The molecule has 296 valence electrons. The van der Waals surface area contributed by atoms with E-state index in [1.165, 1.54) is 86.5 Å². The number of thiophene rings is 1. The molecule has 2 nitrogen and oxygen atoms in total. The Morgan fingerprint density at radius 1 is 0.302 bits per heavy atom. The number of nitrogens with zero attached hydrogens (tertiary/aromatic N) is 2. The Morgan fingerprint density at radius 3 is 1.60 bits per heavy atom. The lowest BCUT2D eigenvalue weighted by Gasteiger charge is -2.26. The average molecular weight is 821 g/mol. The van der Waals surface area contributed by atoms with Gasteiger partial charge in [0.15, 0.2) is 0 Å². The summed E-state index contributed by atoms with van der Waals surface area (Å²) in [5.74, 6) is 0. The van der Waals surface area contributed by atoms with Crippen LogP contribution in [-0.2, 0) is 0 Å². The van der Waals surface area contributed by atoms with Gasteiger partial charge >= 0.3 is 0 Å². The highest BCUT2D eigenvalue weighted by molar-refractivity contribution is 7.26. The minimum Gasteiger partial charge on any atom is -0.310 e. The maximum atomic E-state index is 2.39. The van der Waals surface area contributed by atoms with Crippen molar-refractivity contribution in [1.29, 1.82) is 0 Å². The lowest BCUT2D eigenvalue weighted by Crippen LogP contribution is -2.10. The molecule has 63 heavy (non-hydrogen) atoms. The predicted octanol–water partition coefficient (Wildman–Crippen LogP) is 17.3. The molecule has 2 heterocycles. The van der Waals surface area contributed by atoms with Crippen molar-refractivity contribution in [2.45, 2.75) is 0 Å². The summed E-state index contributed by atoms with van der Waals surface area (Å²) in [5.41, 5.74) is 16.5. The number of rotatable bonds is 8. The largest absolute Gasteiger partial charge is 0.310 e. The molecule has 0 unspecified atom stereocenters. The maximum absolute atomic E-state index is 2.39. The average Bonchev–Trinajstić information content (AvgIpc) is 3.91. The van der Waals surface area contributed by atoms with Crippen LogP contribution in [0.3, 0.4) is 0 Å². The first-order valence-corrected chi connectivity index (χ1v) is 22.3. The first-order valence-electron chi connectivity index (χ1n) is 21.5. The van der Waals surface area contributed by atoms with Crippen LogP contribution < -0.4 is 4.90 Å². The van der Waals surface area contributed by atoms with Crippen LogP contribution in [0.15, 0.2) is 243 Å². The minimum atomic E-state index is 1.09. The molecule has 0 N–H and O–H groups in total. The van der Waals surface area contributed by atoms with Crippen molar-refractivity contribution in [3.63, 3.8) is 0 Å². The Kier molecular flexibility index (Phi) is 9.06. The Hall–Kier alpha value is -7.98. The normalized spacial score (nSPS) is 11.5. The van der Waals surface area contributed by atoms with E-state index in [2.05, 4.69) is 252 Å². The summed E-state index contributed by atoms with van der Waals surface area (Å²) in [4.78, 5) is 2.38. The number of hydrogen-bond acceptors (Lipinski definition) is 2. The van der Waals surface area contributed by atoms with Gasteiger partial charge in [0.05, 0.1) is 11.0 Å². The second-order valence-electron chi connectivity index (χ2n) is 16.1. The predicted molar refractivity (Wildman–Crippen MR) is 270 cm³/mol. The van der Waals surface area contributed by atoms with Gasteiger partial charge in [0.25, 0.3) is 0 Å². The Balaban J connectivity index is 0.940. The van der Waals surface area contributed by atoms with Crippen LogP contribution in [0.25, 0.3) is 92.2 Å². The fraction of sp³-hybridized carbons (Fsp3) is 0. The SMILES string of the molecule is c1ccc(-c2ccc(N(c3ccc(-c4ccc5c6ccccc6n(-c6ccccc6)c5c4)cc3)c3cccc(-c4cccc(-c5cccc6c5sc5ccccc56)c4)c3)cc2)cc1. The Labute approximate surface area is 370 Å². The zero-order valence-electron chi connectivity index (χ0n) is 34.4. The molecule has 0 aliphatic heterocycles. The molecule has 2 aromatic heterocycles. The Bertz CT molecular complexity index is 3600. The monoisotopic (exact) mass is 820 g/mol. The first kappa shape index (κ1) is 36.8. The van der Waals surface area contributed by atoms with Gasteiger partial charge in [0, 0.05) is 53.7 Å². The van der Waals surface area contributed by atoms with Crippen molar-refractivity contribution < 1.29 is 0 Å². The summed E-state index contributed by atoms with van der Waals surface area (Å²) in [7, 11) is 0. The molecule has 0 saturated carbocycles. The smallest absolute Gasteiger partial charge is 0.0547 e. The summed E-state index contributed by atoms with van der Waals surface area (Å²) < 4.78 is 5.04. The summed E-state index contributed by atoms with van der Waals surface area (Å²) in [6.45, 7) is 0. The van der Waals surface area contributed by atoms with Gasteiger partial charge in [-0.2, -0.15) is 0 Å². The van der Waals surface area contributed by atoms with E-state index in [-0.39, 0.29) is 0 Å². The second-order valence-corrected chi connectivity index (χ2v) is 17.2. The van der Waals surface area contributed by atoms with Gasteiger partial charge < -0.3 is 9.47 Å². The van der Waals surface area contributed by atoms with Gasteiger partial charge in [0.2, 0.25) is 0 Å². The summed E-state index contributed by atoms with van der Waals surface area (Å²) in [5, 5.41) is 5.15. The van der Waals surface area contributed by atoms with Crippen molar-refractivity contribution in [2.24, 2.45) is 0 Å². The number of para-hydroxylation sites is 2. The van der Waals surface area contributed by atoms with E-state index in [0.29, 0.717) is 0 Å². The molecular formula is C60H40N2S. The molecule has 12 rings (SSSR count). The van der Waals surface area contributed by atoms with Crippen LogP contribution in [-0.4, -0.2) is 4.57 Å². The van der Waals surface area contributed by atoms with Crippen molar-refractivity contribution in [1.82, 2.24) is 4.57 Å². The third-order valence-corrected chi connectivity index (χ3v) is 13.6. The molecule has 10 aromatic carbocycles. The van der Waals surface area contributed by atoms with Crippen molar-refractivity contribution >= 4 is 70.4 Å². The lowest BCUT2D eigenvalue weighted by atomic mass is 9.97. The minimum absolute atomic E-state index is 1.09. The zero-order valence-corrected chi connectivity index (χ0v) is 35.2. The number of hydrogen-bond donors (Lipinski definition) is 0. The van der Waals surface area contributed by atoms with E-state index in [9.17, 15) is 0 Å². The van der Waals surface area contributed by atoms with Crippen LogP contribution >= 0.6 is 11.3 Å². The molecule has 0 saturated heterocycles. The standard InChI is InChI=1S/C60H40N2S/c1-3-14-41(15-4-1)42-28-33-49(34-29-42)61(50-35-30-43(31-36-50)46-32-37-54-53-22-7-9-26-57(53)62(58(54)40-46)48-19-5-2-6-20-48)51-21-12-17-45(39-51)44-16-11-18-47(38-44)52-24-13-25-56-55-23-8-10-27-59(55)63-60(52)56/h1-40H. The third-order valence-electron chi connectivity index (χ3n) is 12.4. The maximum Gasteiger partial charge on any atom is 0.0547 e. The van der Waals surface area contributed by atoms with E-state index < -0.39 is 0 Å². The van der Waals surface area contributed by atoms with E-state index in [1.807, 2.05) is 11.3 Å². The number of fused-ring (bicyclic) bond motifs is 6. The molecule has 0 aliphatic rings. The van der Waals surface area contributed by atoms with E-state index in [4.69, 9.17) is 0 Å². The summed E-state index contributed by atoms with van der Waals surface area (Å²) in [6, 6.07) is 88.3. The first-order chi connectivity index (χ1) is 31.2. The van der Waals surface area contributed by atoms with E-state index in [1.54, 1.807) is 0 Å². The number of anilines is 3. The quantitative estimate of drug-likeness (QED) is 0.148. The van der Waals surface area contributed by atoms with Gasteiger partial charge in [-0.05, 0) is 117 Å². The van der Waals surface area contributed by atoms with E-state index in [0.717, 1.165) is 22.7 Å². The molecule has 0 bridgehead atoms. The molecule has 12 aromatic rings. The molecule has 0 fully saturated rings. The van der Waals surface area contributed by atoms with Gasteiger partial charge in [-0.25, -0.2) is 0 Å². The molecule has 0 amide bonds.